The van der Waals surface area contributed by atoms with Crippen LogP contribution in [0.2, 0.25) is 0 Å². The molecule has 1 heteroatoms. The summed E-state index contributed by atoms with van der Waals surface area (Å²) in [6.45, 7) is 0. The fraction of sp³-hybridized carbons (Fsp3) is 0.143. The number of rotatable bonds is 2. The molecule has 22 heavy (non-hydrogen) atoms. The molecule has 3 aromatic rings. The number of phenolic OH excluding ortho intramolecular Hbond substituents is 1. The Morgan fingerprint density at radius 1 is 0.909 bits per heavy atom. The van der Waals surface area contributed by atoms with Crippen LogP contribution in [-0.2, 0) is 12.8 Å². The highest BCUT2D eigenvalue weighted by Crippen LogP contribution is 2.31. The predicted octanol–water partition coefficient (Wildman–Crippen LogP) is 4.97. The molecular weight excluding hydrogens is 268 g/mol. The predicted molar refractivity (Wildman–Crippen MR) is 92.0 cm³/mol. The summed E-state index contributed by atoms with van der Waals surface area (Å²) in [6, 6.07) is 20.6. The largest absolute Gasteiger partial charge is 0.508 e. The summed E-state index contributed by atoms with van der Waals surface area (Å²) >= 11 is 0. The van der Waals surface area contributed by atoms with Crippen molar-refractivity contribution >= 4 is 16.8 Å². The van der Waals surface area contributed by atoms with Crippen molar-refractivity contribution in [2.75, 3.05) is 0 Å². The highest BCUT2D eigenvalue weighted by molar-refractivity contribution is 5.92. The maximum absolute atomic E-state index is 9.38. The van der Waals surface area contributed by atoms with Crippen molar-refractivity contribution in [2.45, 2.75) is 12.8 Å². The van der Waals surface area contributed by atoms with Gasteiger partial charge < -0.3 is 5.11 Å². The first-order valence-electron chi connectivity index (χ1n) is 7.76. The van der Waals surface area contributed by atoms with Crippen LogP contribution in [0.4, 0.5) is 0 Å². The minimum atomic E-state index is 0.333. The summed E-state index contributed by atoms with van der Waals surface area (Å²) in [6.07, 6.45) is 6.72. The number of hydrogen-bond donors (Lipinski definition) is 1. The van der Waals surface area contributed by atoms with Crippen LogP contribution in [0.5, 0.6) is 5.75 Å². The van der Waals surface area contributed by atoms with Gasteiger partial charge in [0.05, 0.1) is 0 Å². The van der Waals surface area contributed by atoms with Gasteiger partial charge in [0.15, 0.2) is 0 Å². The van der Waals surface area contributed by atoms with E-state index in [2.05, 4.69) is 48.6 Å². The third-order valence-corrected chi connectivity index (χ3v) is 4.51. The Kier molecular flexibility index (Phi) is 3.19. The van der Waals surface area contributed by atoms with E-state index in [-0.39, 0.29) is 0 Å². The van der Waals surface area contributed by atoms with E-state index in [1.165, 1.54) is 27.5 Å². The van der Waals surface area contributed by atoms with Crippen molar-refractivity contribution in [1.29, 1.82) is 0 Å². The SMILES string of the molecule is Oc1ccc(CC2C=Cc3c(ccc4ccccc34)C2)cc1. The number of aromatic hydroxyl groups is 1. The Bertz CT molecular complexity index is 843. The molecule has 0 fully saturated rings. The third kappa shape index (κ3) is 2.39. The molecule has 1 unspecified atom stereocenters. The molecule has 1 atom stereocenters. The molecule has 0 radical (unpaired) electrons. The summed E-state index contributed by atoms with van der Waals surface area (Å²) < 4.78 is 0. The number of hydrogen-bond acceptors (Lipinski definition) is 1. The molecular formula is C21H18O. The lowest BCUT2D eigenvalue weighted by Gasteiger charge is -2.21. The van der Waals surface area contributed by atoms with Crippen LogP contribution in [0.25, 0.3) is 16.8 Å². The second kappa shape index (κ2) is 5.34. The quantitative estimate of drug-likeness (QED) is 0.705. The lowest BCUT2D eigenvalue weighted by molar-refractivity contribution is 0.475. The normalized spacial score (nSPS) is 16.6. The maximum Gasteiger partial charge on any atom is 0.115 e. The van der Waals surface area contributed by atoms with Gasteiger partial charge in [0.1, 0.15) is 5.75 Å². The van der Waals surface area contributed by atoms with Gasteiger partial charge in [-0.3, -0.25) is 0 Å². The first-order valence-corrected chi connectivity index (χ1v) is 7.76. The van der Waals surface area contributed by atoms with Crippen molar-refractivity contribution in [2.24, 2.45) is 5.92 Å². The van der Waals surface area contributed by atoms with E-state index in [9.17, 15) is 5.11 Å². The minimum absolute atomic E-state index is 0.333. The maximum atomic E-state index is 9.38. The Morgan fingerprint density at radius 3 is 2.59 bits per heavy atom. The van der Waals surface area contributed by atoms with Crippen molar-refractivity contribution in [1.82, 2.24) is 0 Å². The molecule has 0 saturated heterocycles. The first-order chi connectivity index (χ1) is 10.8. The smallest absolute Gasteiger partial charge is 0.115 e. The molecule has 0 aromatic heterocycles. The average molecular weight is 286 g/mol. The Morgan fingerprint density at radius 2 is 1.73 bits per heavy atom. The molecule has 1 N–H and O–H groups in total. The van der Waals surface area contributed by atoms with E-state index in [0.717, 1.165) is 12.8 Å². The Labute approximate surface area is 130 Å². The van der Waals surface area contributed by atoms with Crippen molar-refractivity contribution in [3.63, 3.8) is 0 Å². The lowest BCUT2D eigenvalue weighted by Crippen LogP contribution is -2.10. The molecule has 0 heterocycles. The van der Waals surface area contributed by atoms with Crippen LogP contribution in [0.3, 0.4) is 0 Å². The highest BCUT2D eigenvalue weighted by atomic mass is 16.3. The highest BCUT2D eigenvalue weighted by Gasteiger charge is 2.16. The van der Waals surface area contributed by atoms with Gasteiger partial charge in [-0.1, -0.05) is 60.7 Å². The Balaban J connectivity index is 1.63. The monoisotopic (exact) mass is 286 g/mol. The average Bonchev–Trinajstić information content (AvgIpc) is 2.57. The van der Waals surface area contributed by atoms with Gasteiger partial charge in [0, 0.05) is 0 Å². The van der Waals surface area contributed by atoms with E-state index >= 15 is 0 Å². The molecule has 0 saturated carbocycles. The van der Waals surface area contributed by atoms with E-state index in [1.54, 1.807) is 12.1 Å². The van der Waals surface area contributed by atoms with Crippen molar-refractivity contribution in [3.8, 4) is 5.75 Å². The third-order valence-electron chi connectivity index (χ3n) is 4.51. The molecule has 0 bridgehead atoms. The van der Waals surface area contributed by atoms with E-state index in [4.69, 9.17) is 0 Å². The van der Waals surface area contributed by atoms with Crippen LogP contribution in [-0.4, -0.2) is 5.11 Å². The summed E-state index contributed by atoms with van der Waals surface area (Å²) in [4.78, 5) is 0. The summed E-state index contributed by atoms with van der Waals surface area (Å²) in [5.74, 6) is 0.859. The standard InChI is InChI=1S/C21H18O/c22-19-10-5-15(6-11-19)13-16-7-12-21-18(14-16)9-8-17-3-1-2-4-20(17)21/h1-12,16,22H,13-14H2. The topological polar surface area (TPSA) is 20.2 Å². The van der Waals surface area contributed by atoms with Crippen molar-refractivity contribution in [3.05, 3.63) is 83.4 Å². The number of phenols is 1. The second-order valence-electron chi connectivity index (χ2n) is 6.05. The zero-order valence-electron chi connectivity index (χ0n) is 12.4. The van der Waals surface area contributed by atoms with Crippen LogP contribution in [0, 0.1) is 5.92 Å². The molecule has 3 aromatic carbocycles. The molecule has 1 nitrogen and oxygen atoms in total. The van der Waals surface area contributed by atoms with Gasteiger partial charge in [0.25, 0.3) is 0 Å². The van der Waals surface area contributed by atoms with Crippen LogP contribution >= 0.6 is 0 Å². The number of allylic oxidation sites excluding steroid dienone is 1. The fourth-order valence-corrected chi connectivity index (χ4v) is 3.37. The van der Waals surface area contributed by atoms with Gasteiger partial charge in [-0.25, -0.2) is 0 Å². The number of benzene rings is 3. The van der Waals surface area contributed by atoms with Gasteiger partial charge in [-0.15, -0.1) is 0 Å². The molecule has 1 aliphatic carbocycles. The fourth-order valence-electron chi connectivity index (χ4n) is 3.37. The van der Waals surface area contributed by atoms with Gasteiger partial charge in [0.2, 0.25) is 0 Å². The summed E-state index contributed by atoms with van der Waals surface area (Å²) in [7, 11) is 0. The molecule has 0 aliphatic heterocycles. The van der Waals surface area contributed by atoms with Gasteiger partial charge in [-0.2, -0.15) is 0 Å². The molecule has 0 amide bonds. The van der Waals surface area contributed by atoms with Gasteiger partial charge in [-0.05, 0) is 58.4 Å². The lowest BCUT2D eigenvalue weighted by atomic mass is 9.84. The van der Waals surface area contributed by atoms with E-state index in [0.29, 0.717) is 11.7 Å². The minimum Gasteiger partial charge on any atom is -0.508 e. The molecule has 4 rings (SSSR count). The zero-order chi connectivity index (χ0) is 14.9. The molecule has 0 spiro atoms. The molecule has 108 valence electrons. The number of fused-ring (bicyclic) bond motifs is 3. The second-order valence-corrected chi connectivity index (χ2v) is 6.05. The van der Waals surface area contributed by atoms with E-state index in [1.807, 2.05) is 12.1 Å². The molecule has 1 aliphatic rings. The summed E-state index contributed by atoms with van der Waals surface area (Å²) in [5, 5.41) is 12.0. The van der Waals surface area contributed by atoms with Crippen LogP contribution in [0.1, 0.15) is 16.7 Å². The van der Waals surface area contributed by atoms with Crippen LogP contribution in [0.15, 0.2) is 66.7 Å². The van der Waals surface area contributed by atoms with Crippen molar-refractivity contribution < 1.29 is 5.11 Å². The van der Waals surface area contributed by atoms with E-state index < -0.39 is 0 Å². The summed E-state index contributed by atoms with van der Waals surface area (Å²) in [5.41, 5.74) is 4.08. The first kappa shape index (κ1) is 13.1. The van der Waals surface area contributed by atoms with Crippen LogP contribution < -0.4 is 0 Å². The Hall–Kier alpha value is -2.54. The zero-order valence-corrected chi connectivity index (χ0v) is 12.4. The van der Waals surface area contributed by atoms with Gasteiger partial charge >= 0.3 is 0 Å².